The van der Waals surface area contributed by atoms with Crippen LogP contribution in [0, 0.1) is 5.92 Å². The first-order valence-corrected chi connectivity index (χ1v) is 13.5. The van der Waals surface area contributed by atoms with Gasteiger partial charge in [-0.15, -0.1) is 11.3 Å². The number of nitrogens with one attached hydrogen (secondary N) is 2. The number of thiazole rings is 1. The molecule has 0 fully saturated rings. The maximum absolute atomic E-state index is 14.1. The highest BCUT2D eigenvalue weighted by Crippen LogP contribution is 2.39. The maximum Gasteiger partial charge on any atom is 0.419 e. The summed E-state index contributed by atoms with van der Waals surface area (Å²) in [7, 11) is 0. The lowest BCUT2D eigenvalue weighted by atomic mass is 9.91. The number of hydrogen-bond donors (Lipinski definition) is 2. The van der Waals surface area contributed by atoms with E-state index in [4.69, 9.17) is 9.47 Å². The smallest absolute Gasteiger partial charge is 0.419 e. The van der Waals surface area contributed by atoms with Gasteiger partial charge in [-0.05, 0) is 75.4 Å². The summed E-state index contributed by atoms with van der Waals surface area (Å²) in [6, 6.07) is 6.74. The molecule has 0 saturated heterocycles. The summed E-state index contributed by atoms with van der Waals surface area (Å²) in [6.45, 7) is 10.5. The van der Waals surface area contributed by atoms with Crippen molar-refractivity contribution in [2.75, 3.05) is 11.9 Å². The second kappa shape index (κ2) is 12.2. The highest BCUT2D eigenvalue weighted by molar-refractivity contribution is 7.11. The number of carbonyl (C=O) groups is 2. The second-order valence-electron chi connectivity index (χ2n) is 11.0. The van der Waals surface area contributed by atoms with Gasteiger partial charge in [-0.3, -0.25) is 4.79 Å². The molecule has 2 amide bonds. The molecule has 2 heterocycles. The molecule has 40 heavy (non-hydrogen) atoms. The normalized spacial score (nSPS) is 13.4. The number of anilines is 1. The summed E-state index contributed by atoms with van der Waals surface area (Å²) in [4.78, 5) is 32.8. The Morgan fingerprint density at radius 2 is 1.70 bits per heavy atom. The highest BCUT2D eigenvalue weighted by atomic mass is 32.1. The van der Waals surface area contributed by atoms with Crippen molar-refractivity contribution in [1.82, 2.24) is 15.3 Å². The lowest BCUT2D eigenvalue weighted by molar-refractivity contribution is -0.139. The number of aromatic nitrogens is 2. The fraction of sp³-hybridized carbons (Fsp3) is 0.429. The predicted octanol–water partition coefficient (Wildman–Crippen LogP) is 7.18. The van der Waals surface area contributed by atoms with Gasteiger partial charge >= 0.3 is 12.3 Å². The zero-order valence-electron chi connectivity index (χ0n) is 23.2. The Morgan fingerprint density at radius 1 is 1.00 bits per heavy atom. The van der Waals surface area contributed by atoms with E-state index in [0.29, 0.717) is 12.0 Å². The second-order valence-corrected chi connectivity index (χ2v) is 11.9. The van der Waals surface area contributed by atoms with E-state index < -0.39 is 34.9 Å². The molecule has 0 aliphatic rings. The number of hydrogen-bond acceptors (Lipinski definition) is 7. The van der Waals surface area contributed by atoms with Crippen LogP contribution in [0.2, 0.25) is 0 Å². The molecule has 3 aromatic rings. The van der Waals surface area contributed by atoms with Crippen molar-refractivity contribution in [3.05, 3.63) is 58.7 Å². The Morgan fingerprint density at radius 3 is 2.30 bits per heavy atom. The number of alkyl halides is 3. The first kappa shape index (κ1) is 30.9. The Bertz CT molecular complexity index is 1320. The van der Waals surface area contributed by atoms with Gasteiger partial charge in [0.25, 0.3) is 5.91 Å². The fourth-order valence-electron chi connectivity index (χ4n) is 4.07. The third-order valence-electron chi connectivity index (χ3n) is 5.45. The molecule has 0 spiro atoms. The summed E-state index contributed by atoms with van der Waals surface area (Å²) in [5, 5.41) is 7.25. The number of pyridine rings is 1. The minimum absolute atomic E-state index is 0.116. The van der Waals surface area contributed by atoms with E-state index in [2.05, 4.69) is 20.6 Å². The summed E-state index contributed by atoms with van der Waals surface area (Å²) in [6.07, 6.45) is -2.07. The van der Waals surface area contributed by atoms with Crippen molar-refractivity contribution >= 4 is 29.2 Å². The molecule has 1 unspecified atom stereocenters. The molecule has 1 atom stereocenters. The molecule has 0 bridgehead atoms. The van der Waals surface area contributed by atoms with Crippen LogP contribution in [0.4, 0.5) is 23.8 Å². The van der Waals surface area contributed by atoms with Crippen molar-refractivity contribution in [3.63, 3.8) is 0 Å². The Hall–Kier alpha value is -3.67. The molecule has 1 aromatic carbocycles. The number of carbonyl (C=O) groups excluding carboxylic acids is 2. The average molecular weight is 579 g/mol. The largest absolute Gasteiger partial charge is 0.491 e. The zero-order chi connectivity index (χ0) is 29.7. The van der Waals surface area contributed by atoms with Crippen molar-refractivity contribution in [2.24, 2.45) is 5.92 Å². The maximum atomic E-state index is 14.1. The number of rotatable bonds is 9. The van der Waals surface area contributed by atoms with Crippen molar-refractivity contribution < 1.29 is 32.2 Å². The molecule has 0 aliphatic heterocycles. The molecular formula is C28H33F3N4O4S. The highest BCUT2D eigenvalue weighted by Gasteiger charge is 2.36. The van der Waals surface area contributed by atoms with Crippen LogP contribution in [0.25, 0.3) is 11.1 Å². The molecule has 2 aromatic heterocycles. The van der Waals surface area contributed by atoms with Gasteiger partial charge in [0.1, 0.15) is 23.8 Å². The van der Waals surface area contributed by atoms with Crippen LogP contribution < -0.4 is 15.4 Å². The van der Waals surface area contributed by atoms with Gasteiger partial charge in [-0.1, -0.05) is 19.9 Å². The first-order valence-electron chi connectivity index (χ1n) is 12.6. The molecule has 216 valence electrons. The minimum atomic E-state index is -4.71. The van der Waals surface area contributed by atoms with E-state index in [0.717, 1.165) is 17.4 Å². The van der Waals surface area contributed by atoms with Crippen LogP contribution >= 0.6 is 11.3 Å². The number of halogens is 3. The van der Waals surface area contributed by atoms with Gasteiger partial charge in [0.2, 0.25) is 0 Å². The van der Waals surface area contributed by atoms with Gasteiger partial charge in [0, 0.05) is 17.8 Å². The van der Waals surface area contributed by atoms with E-state index in [1.54, 1.807) is 39.1 Å². The third-order valence-corrected chi connectivity index (χ3v) is 6.23. The molecule has 0 radical (unpaired) electrons. The quantitative estimate of drug-likeness (QED) is 0.279. The summed E-state index contributed by atoms with van der Waals surface area (Å²) < 4.78 is 53.4. The Kier molecular flexibility index (Phi) is 9.44. The van der Waals surface area contributed by atoms with Crippen LogP contribution in [0.3, 0.4) is 0 Å². The molecule has 3 rings (SSSR count). The van der Waals surface area contributed by atoms with Gasteiger partial charge in [0.05, 0.1) is 11.1 Å². The van der Waals surface area contributed by atoms with Crippen molar-refractivity contribution in [1.29, 1.82) is 0 Å². The average Bonchev–Trinajstić information content (AvgIpc) is 3.36. The SMILES string of the molecule is CC(C)CC(C)(COc1ccc(-c2ccnc(NC(=O)c3nccs3)c2)cc1C(F)(F)F)NC(=O)OC(C)(C)C. The van der Waals surface area contributed by atoms with Gasteiger partial charge in [0.15, 0.2) is 5.01 Å². The van der Waals surface area contributed by atoms with Crippen LogP contribution in [-0.4, -0.2) is 39.7 Å². The molecule has 2 N–H and O–H groups in total. The van der Waals surface area contributed by atoms with Gasteiger partial charge in [-0.25, -0.2) is 14.8 Å². The van der Waals surface area contributed by atoms with Crippen LogP contribution in [0.15, 0.2) is 48.1 Å². The van der Waals surface area contributed by atoms with Crippen LogP contribution in [-0.2, 0) is 10.9 Å². The molecule has 8 nitrogen and oxygen atoms in total. The molecule has 12 heteroatoms. The number of nitrogens with zero attached hydrogens (tertiary/aromatic N) is 2. The van der Waals surface area contributed by atoms with E-state index >= 15 is 0 Å². The summed E-state index contributed by atoms with van der Waals surface area (Å²) in [5.74, 6) is -0.554. The summed E-state index contributed by atoms with van der Waals surface area (Å²) >= 11 is 1.15. The number of ether oxygens (including phenoxy) is 2. The predicted molar refractivity (Wildman–Crippen MR) is 147 cm³/mol. The molecule has 0 saturated carbocycles. The Labute approximate surface area is 235 Å². The van der Waals surface area contributed by atoms with E-state index in [-0.39, 0.29) is 34.7 Å². The lowest BCUT2D eigenvalue weighted by Gasteiger charge is -2.33. The van der Waals surface area contributed by atoms with E-state index in [1.807, 2.05) is 13.8 Å². The van der Waals surface area contributed by atoms with Crippen molar-refractivity contribution in [3.8, 4) is 16.9 Å². The van der Waals surface area contributed by atoms with Crippen molar-refractivity contribution in [2.45, 2.75) is 65.3 Å². The van der Waals surface area contributed by atoms with E-state index in [1.165, 1.54) is 30.6 Å². The monoisotopic (exact) mass is 578 g/mol. The first-order chi connectivity index (χ1) is 18.5. The lowest BCUT2D eigenvalue weighted by Crippen LogP contribution is -2.52. The zero-order valence-corrected chi connectivity index (χ0v) is 24.0. The van der Waals surface area contributed by atoms with E-state index in [9.17, 15) is 22.8 Å². The number of amides is 2. The van der Waals surface area contributed by atoms with Gasteiger partial charge < -0.3 is 20.1 Å². The van der Waals surface area contributed by atoms with Gasteiger partial charge in [-0.2, -0.15) is 13.2 Å². The Balaban J connectivity index is 1.84. The number of benzene rings is 1. The standard InChI is InChI=1S/C28H33F3N4O4S/c1-17(2)15-27(6,35-25(37)39-26(3,4)5)16-38-21-8-7-18(13-20(21)28(29,30)31)19-9-10-32-22(14-19)34-23(36)24-33-11-12-40-24/h7-14,17H,15-16H2,1-6H3,(H,35,37)(H,32,34,36). The van der Waals surface area contributed by atoms with Crippen LogP contribution in [0.5, 0.6) is 5.75 Å². The topological polar surface area (TPSA) is 102 Å². The fourth-order valence-corrected chi connectivity index (χ4v) is 4.61. The minimum Gasteiger partial charge on any atom is -0.491 e. The molecule has 0 aliphatic carbocycles. The van der Waals surface area contributed by atoms with Crippen LogP contribution in [0.1, 0.15) is 63.3 Å². The number of alkyl carbamates (subject to hydrolysis) is 1. The third kappa shape index (κ3) is 8.94. The summed E-state index contributed by atoms with van der Waals surface area (Å²) in [5.41, 5.74) is -2.03. The molecular weight excluding hydrogens is 545 g/mol.